The van der Waals surface area contributed by atoms with Gasteiger partial charge in [-0.25, -0.2) is 14.4 Å². The predicted molar refractivity (Wildman–Crippen MR) is 491 cm³/mol. The molecule has 6 spiro atoms. The summed E-state index contributed by atoms with van der Waals surface area (Å²) in [5, 5.41) is 78.8. The van der Waals surface area contributed by atoms with Crippen LogP contribution in [0.25, 0.3) is 0 Å². The van der Waals surface area contributed by atoms with Crippen molar-refractivity contribution in [3.8, 4) is 5.75 Å². The monoisotopic (exact) mass is 1930 g/mol. The molecule has 0 radical (unpaired) electrons. The number of aliphatic hydroxyl groups excluding tert-OH is 5. The molecular formula is C89H150N22O25. The maximum atomic E-state index is 12.7. The normalized spacial score (nSPS) is 29.8. The molecule has 12 aliphatic rings. The number of amides is 14. The van der Waals surface area contributed by atoms with Gasteiger partial charge in [-0.15, -0.1) is 0 Å². The Kier molecular flexibility index (Phi) is 35.3. The molecule has 12 saturated heterocycles. The summed E-state index contributed by atoms with van der Waals surface area (Å²) in [5.74, 6) is -3.13. The van der Waals surface area contributed by atoms with Crippen molar-refractivity contribution < 1.29 is 122 Å². The molecule has 0 aliphatic carbocycles. The van der Waals surface area contributed by atoms with Crippen LogP contribution in [0.2, 0.25) is 0 Å². The van der Waals surface area contributed by atoms with Crippen molar-refractivity contribution in [3.63, 3.8) is 0 Å². The Labute approximate surface area is 793 Å². The van der Waals surface area contributed by atoms with Crippen molar-refractivity contribution in [1.29, 1.82) is 0 Å². The first-order valence-corrected chi connectivity index (χ1v) is 46.1. The van der Waals surface area contributed by atoms with Crippen molar-refractivity contribution >= 4 is 89.2 Å². The largest absolute Gasteiger partial charge is 0.497 e. The highest BCUT2D eigenvalue weighted by Crippen LogP contribution is 2.45. The zero-order valence-corrected chi connectivity index (χ0v) is 82.6. The molecule has 13 rings (SSSR count). The predicted octanol–water partition coefficient (Wildman–Crippen LogP) is -6.30. The molecule has 12 aliphatic heterocycles. The summed E-state index contributed by atoms with van der Waals surface area (Å²) >= 11 is 0. The first-order valence-electron chi connectivity index (χ1n) is 46.1. The number of rotatable bonds is 26. The molecule has 0 saturated carbocycles. The van der Waals surface area contributed by atoms with Gasteiger partial charge in [0.2, 0.25) is 65.0 Å². The van der Waals surface area contributed by atoms with E-state index in [4.69, 9.17) is 47.6 Å². The Hall–Kier alpha value is -10.0. The van der Waals surface area contributed by atoms with E-state index in [2.05, 4.69) is 56.0 Å². The van der Waals surface area contributed by atoms with Crippen molar-refractivity contribution in [1.82, 2.24) is 86.2 Å². The van der Waals surface area contributed by atoms with Crippen molar-refractivity contribution in [2.24, 2.45) is 40.5 Å². The Balaban J connectivity index is 0.000000202. The fourth-order valence-corrected chi connectivity index (χ4v) is 20.2. The van der Waals surface area contributed by atoms with E-state index < -0.39 is 165 Å². The number of nitrogens with two attached hydrogens (primary N) is 5. The van der Waals surface area contributed by atoms with E-state index in [1.165, 1.54) is 54.2 Å². The molecule has 12 heterocycles. The van der Waals surface area contributed by atoms with Crippen LogP contribution in [0.15, 0.2) is 24.3 Å². The number of carboxylic acids is 1. The van der Waals surface area contributed by atoms with Gasteiger partial charge >= 0.3 is 24.2 Å². The number of hydrogen-bond donors (Lipinski definition) is 18. The number of likely N-dealkylation sites (N-methyl/N-ethyl adjacent to an activating group) is 5. The third-order valence-corrected chi connectivity index (χ3v) is 26.4. The second-order valence-electron chi connectivity index (χ2n) is 42.1. The number of nitrogens with one attached hydrogen (secondary N) is 7. The number of primary amides is 5. The Bertz CT molecular complexity index is 4310. The summed E-state index contributed by atoms with van der Waals surface area (Å²) in [6, 6.07) is 1.73. The molecule has 23 N–H and O–H groups in total. The molecule has 1 aromatic rings. The number of aliphatic carboxylic acids is 1. The average Bonchev–Trinajstić information content (AvgIpc) is 1.56. The Morgan fingerprint density at radius 3 is 0.963 bits per heavy atom. The number of carbonyl (C=O) groups excluding carboxylic acids is 14. The van der Waals surface area contributed by atoms with Gasteiger partial charge in [0.05, 0.1) is 63.2 Å². The van der Waals surface area contributed by atoms with Crippen LogP contribution in [-0.4, -0.2) is 437 Å². The van der Waals surface area contributed by atoms with Gasteiger partial charge in [-0.1, -0.05) is 26.0 Å². The van der Waals surface area contributed by atoms with Crippen molar-refractivity contribution in [3.05, 3.63) is 29.8 Å². The van der Waals surface area contributed by atoms with Crippen LogP contribution in [0.1, 0.15) is 155 Å². The maximum Gasteiger partial charge on any atom is 0.411 e. The lowest BCUT2D eigenvalue weighted by atomic mass is 9.83. The lowest BCUT2D eigenvalue weighted by molar-refractivity contribution is -0.159. The summed E-state index contributed by atoms with van der Waals surface area (Å²) in [4.78, 5) is 196. The number of carboxylic acid groups (broad SMARTS) is 1. The molecule has 0 bridgehead atoms. The van der Waals surface area contributed by atoms with E-state index in [-0.39, 0.29) is 97.5 Å². The SMILES string of the molecule is CC(C)CN1C[C@@H](C(N)=O)CC12CN(C)C2=O.CC(O)C(NC1CN(C(=O)OC(C)(C)C)C2(C1)CN(C)C2=O)C(=O)O.COc1ccc(CN2CC3(CC(N[C@H](C(N)=O)[C@@H](C)O)CN3)C2=O)cc1.C[C@@H](O)[C@H](NC1CN(C(=O)OC(C)(C)C)C2(C1)CN(C)C2=O)C(N)=O.C[C@@H](O)[C@H](NC1CN(C(=O)OC(C)(C)C)C2(C1)CN(C)C2=O)C(N)=O.C[C@@H](O)[C@H](NC1CNC2(C1)CN(C)C2=O)C(N)=O. The summed E-state index contributed by atoms with van der Waals surface area (Å²) < 4.78 is 21.4. The molecule has 766 valence electrons. The van der Waals surface area contributed by atoms with E-state index >= 15 is 0 Å². The molecule has 136 heavy (non-hydrogen) atoms. The smallest absolute Gasteiger partial charge is 0.411 e. The standard InChI is InChI=1S/C18H26N4O4.2C16H28N4O5.C16H27N3O6.C12H21N3O2.C11H20N4O3/c1-11(23)15(16(19)24)21-13-7-18(20-8-13)10-22(17(18)25)9-12-3-5-14(26-2)6-4-12;2*1-9(21)11(12(17)22)18-10-6-16(8-19(5)13(16)23)20(7-10)14(24)25-15(2,3)4;1-9(20)11(12(21)22)17-10-6-16(8-18(5)13(16)23)19(7-10)14(24)25-15(2,3)4;1-8(2)5-15-6-9(10(13)16)4-12(15)7-14(3)11(12)17;1-6(16)8(9(12)17)14-7-3-11(13-4-7)5-15(2)10(11)18/h3-6,11,13,15,20-21,23H,7-10H2,1-2H3,(H2,19,24);2*9-11,18,21H,6-8H2,1-5H3,(H2,17,22);9-11,17,20H,6-8H2,1-5H3,(H,21,22);8-9H,4-7H2,1-3H3,(H2,13,16);6-8,13-14,16H,3-5H2,1-2H3,(H2,12,17)/t11-,13?,15+,18?;2*9-,10?,11+,16?;;9-,12?;6-,7?,8+,11?/m111.01/s1. The van der Waals surface area contributed by atoms with Gasteiger partial charge in [0.25, 0.3) is 0 Å². The minimum atomic E-state index is -1.18. The number of β-lactam (4-membered cyclic amide) rings is 6. The first kappa shape index (κ1) is 111. The highest BCUT2D eigenvalue weighted by molar-refractivity contribution is 5.99. The highest BCUT2D eigenvalue weighted by Gasteiger charge is 2.67. The van der Waals surface area contributed by atoms with Crippen LogP contribution in [0.3, 0.4) is 0 Å². The lowest BCUT2D eigenvalue weighted by Crippen LogP contribution is -2.72. The van der Waals surface area contributed by atoms with Crippen LogP contribution in [-0.2, 0) is 78.3 Å². The third-order valence-electron chi connectivity index (χ3n) is 26.4. The van der Waals surface area contributed by atoms with Crippen LogP contribution < -0.4 is 70.6 Å². The fraction of sp³-hybridized carbons (Fsp3) is 0.764. The van der Waals surface area contributed by atoms with E-state index in [9.17, 15) is 103 Å². The van der Waals surface area contributed by atoms with Crippen LogP contribution in [0.4, 0.5) is 14.4 Å². The van der Waals surface area contributed by atoms with E-state index in [0.717, 1.165) is 24.4 Å². The second kappa shape index (κ2) is 43.1. The Morgan fingerprint density at radius 1 is 0.412 bits per heavy atom. The van der Waals surface area contributed by atoms with E-state index in [0.29, 0.717) is 96.9 Å². The zero-order chi connectivity index (χ0) is 103. The first-order chi connectivity index (χ1) is 62.7. The molecule has 13 unspecified atom stereocenters. The quantitative estimate of drug-likeness (QED) is 0.0303. The van der Waals surface area contributed by atoms with Gasteiger partial charge in [0.1, 0.15) is 86.0 Å². The van der Waals surface area contributed by atoms with Gasteiger partial charge in [0, 0.05) is 137 Å². The number of ether oxygens (including phenoxy) is 4. The number of nitrogens with zero attached hydrogens (tertiary/aromatic N) is 10. The van der Waals surface area contributed by atoms with Gasteiger partial charge < -0.3 is 118 Å². The number of likely N-dealkylation sites (tertiary alicyclic amines) is 10. The summed E-state index contributed by atoms with van der Waals surface area (Å²) in [7, 11) is 10.2. The molecule has 47 heteroatoms. The summed E-state index contributed by atoms with van der Waals surface area (Å²) in [6.07, 6.45) is -3.78. The topological polar surface area (TPSA) is 661 Å². The molecular weight excluding hydrogens is 1780 g/mol. The third kappa shape index (κ3) is 25.1. The molecule has 14 amide bonds. The molecule has 1 aromatic carbocycles. The molecule has 22 atom stereocenters. The van der Waals surface area contributed by atoms with Crippen LogP contribution in [0, 0.1) is 11.8 Å². The lowest BCUT2D eigenvalue weighted by Gasteiger charge is -2.50. The number of benzene rings is 1. The van der Waals surface area contributed by atoms with Gasteiger partial charge in [0.15, 0.2) is 0 Å². The van der Waals surface area contributed by atoms with E-state index in [1.54, 1.807) is 129 Å². The van der Waals surface area contributed by atoms with Gasteiger partial charge in [-0.3, -0.25) is 104 Å². The zero-order valence-electron chi connectivity index (χ0n) is 82.6. The Morgan fingerprint density at radius 2 is 0.713 bits per heavy atom. The minimum absolute atomic E-state index is 0.0326. The van der Waals surface area contributed by atoms with Gasteiger partial charge in [-0.2, -0.15) is 0 Å². The van der Waals surface area contributed by atoms with Crippen LogP contribution in [0.5, 0.6) is 5.75 Å². The number of carbonyl (C=O) groups is 15. The highest BCUT2D eigenvalue weighted by atomic mass is 16.6. The summed E-state index contributed by atoms with van der Waals surface area (Å²) in [6.45, 7) is 34.3. The summed E-state index contributed by atoms with van der Waals surface area (Å²) in [5.41, 5.74) is 21.1. The number of aliphatic hydroxyl groups is 5. The van der Waals surface area contributed by atoms with Gasteiger partial charge in [-0.05, 0) is 159 Å². The maximum absolute atomic E-state index is 12.7. The van der Waals surface area contributed by atoms with Crippen molar-refractivity contribution in [2.45, 2.75) is 297 Å². The van der Waals surface area contributed by atoms with Crippen molar-refractivity contribution in [2.75, 3.05) is 127 Å². The van der Waals surface area contributed by atoms with Crippen LogP contribution >= 0.6 is 0 Å². The minimum Gasteiger partial charge on any atom is -0.497 e. The molecule has 12 fully saturated rings. The second-order valence-corrected chi connectivity index (χ2v) is 42.1. The average molecular weight is 1930 g/mol. The van der Waals surface area contributed by atoms with E-state index in [1.807, 2.05) is 24.3 Å². The molecule has 0 aromatic heterocycles. The number of hydrogen-bond acceptors (Lipinski definition) is 32. The number of methoxy groups -OCH3 is 1. The fourth-order valence-electron chi connectivity index (χ4n) is 20.2. The molecule has 47 nitrogen and oxygen atoms in total.